The Bertz CT molecular complexity index is 3060. The SMILES string of the molecule is CC1(C)c2cc(N(c3ccc(-c4ccccc4)cc3)c3ccc(-c4cccc(-c5ccccc5)c4)cc3)ccc2-c2c1ccc1c2Oc2ccccc2C1(C)c1ccccc1. The maximum atomic E-state index is 7.02. The van der Waals surface area contributed by atoms with Crippen LogP contribution in [0.15, 0.2) is 218 Å². The molecule has 2 nitrogen and oxygen atoms in total. The van der Waals surface area contributed by atoms with Gasteiger partial charge in [0.15, 0.2) is 0 Å². The zero-order chi connectivity index (χ0) is 41.1. The molecular formula is C59H45NO. The van der Waals surface area contributed by atoms with Gasteiger partial charge in [0.05, 0.1) is 0 Å². The molecule has 11 rings (SSSR count). The zero-order valence-corrected chi connectivity index (χ0v) is 34.6. The Morgan fingerprint density at radius 1 is 0.361 bits per heavy atom. The van der Waals surface area contributed by atoms with Crippen molar-refractivity contribution < 1.29 is 4.74 Å². The van der Waals surface area contributed by atoms with E-state index in [9.17, 15) is 0 Å². The Morgan fingerprint density at radius 3 is 1.49 bits per heavy atom. The van der Waals surface area contributed by atoms with Crippen LogP contribution >= 0.6 is 0 Å². The van der Waals surface area contributed by atoms with E-state index in [1.54, 1.807) is 0 Å². The third kappa shape index (κ3) is 6.01. The van der Waals surface area contributed by atoms with E-state index < -0.39 is 0 Å². The molecule has 1 unspecified atom stereocenters. The Labute approximate surface area is 359 Å². The molecule has 1 aliphatic carbocycles. The van der Waals surface area contributed by atoms with Crippen LogP contribution < -0.4 is 9.64 Å². The van der Waals surface area contributed by atoms with Crippen molar-refractivity contribution in [3.05, 3.63) is 246 Å². The van der Waals surface area contributed by atoms with Crippen molar-refractivity contribution in [2.75, 3.05) is 4.90 Å². The Balaban J connectivity index is 1.03. The van der Waals surface area contributed by atoms with Crippen molar-refractivity contribution in [2.24, 2.45) is 0 Å². The summed E-state index contributed by atoms with van der Waals surface area (Å²) in [6, 6.07) is 79.1. The molecule has 61 heavy (non-hydrogen) atoms. The maximum absolute atomic E-state index is 7.02. The monoisotopic (exact) mass is 783 g/mol. The first kappa shape index (κ1) is 36.6. The van der Waals surface area contributed by atoms with Gasteiger partial charge in [0.25, 0.3) is 0 Å². The summed E-state index contributed by atoms with van der Waals surface area (Å²) in [7, 11) is 0. The predicted octanol–water partition coefficient (Wildman–Crippen LogP) is 15.9. The van der Waals surface area contributed by atoms with Gasteiger partial charge in [-0.2, -0.15) is 0 Å². The summed E-state index contributed by atoms with van der Waals surface area (Å²) in [6.45, 7) is 7.07. The highest BCUT2D eigenvalue weighted by Gasteiger charge is 2.45. The highest BCUT2D eigenvalue weighted by molar-refractivity contribution is 5.91. The lowest BCUT2D eigenvalue weighted by Crippen LogP contribution is -2.30. The number of rotatable bonds is 7. The zero-order valence-electron chi connectivity index (χ0n) is 34.6. The summed E-state index contributed by atoms with van der Waals surface area (Å²) in [5.74, 6) is 1.88. The number of hydrogen-bond donors (Lipinski definition) is 0. The van der Waals surface area contributed by atoms with Gasteiger partial charge in [-0.25, -0.2) is 0 Å². The summed E-state index contributed by atoms with van der Waals surface area (Å²) in [5.41, 5.74) is 18.5. The lowest BCUT2D eigenvalue weighted by atomic mass is 9.68. The number of benzene rings is 9. The molecule has 0 saturated heterocycles. The standard InChI is InChI=1S/C59H45NO/c1-58(2)52-36-37-53-57(61-55-25-14-13-24-51(55)59(53,3)46-22-11-6-12-23-46)56(52)50-35-34-49(39-54(50)58)60(47-30-26-42(27-31-47)40-16-7-4-8-17-40)48-32-28-43(29-33-48)45-21-15-20-44(38-45)41-18-9-5-10-19-41/h4-39H,1-3H3. The van der Waals surface area contributed by atoms with Crippen molar-refractivity contribution in [1.82, 2.24) is 0 Å². The summed E-state index contributed by atoms with van der Waals surface area (Å²) in [5, 5.41) is 0. The number of anilines is 3. The van der Waals surface area contributed by atoms with Crippen LogP contribution in [0.2, 0.25) is 0 Å². The van der Waals surface area contributed by atoms with E-state index in [-0.39, 0.29) is 10.8 Å². The fraction of sp³-hybridized carbons (Fsp3) is 0.0847. The van der Waals surface area contributed by atoms with Crippen molar-refractivity contribution in [2.45, 2.75) is 31.6 Å². The van der Waals surface area contributed by atoms with E-state index in [1.165, 1.54) is 72.3 Å². The third-order valence-corrected chi connectivity index (χ3v) is 13.2. The molecule has 2 heteroatoms. The molecule has 2 aliphatic rings. The van der Waals surface area contributed by atoms with Crippen molar-refractivity contribution in [1.29, 1.82) is 0 Å². The van der Waals surface area contributed by atoms with Crippen LogP contribution in [0.25, 0.3) is 44.5 Å². The van der Waals surface area contributed by atoms with Crippen molar-refractivity contribution in [3.8, 4) is 56.0 Å². The lowest BCUT2D eigenvalue weighted by molar-refractivity contribution is 0.428. The Hall–Kier alpha value is -7.42. The summed E-state index contributed by atoms with van der Waals surface area (Å²) in [6.07, 6.45) is 0. The second-order valence-corrected chi connectivity index (χ2v) is 17.1. The quantitative estimate of drug-likeness (QED) is 0.160. The van der Waals surface area contributed by atoms with Gasteiger partial charge in [-0.1, -0.05) is 184 Å². The van der Waals surface area contributed by atoms with Gasteiger partial charge >= 0.3 is 0 Å². The molecule has 0 amide bonds. The van der Waals surface area contributed by atoms with Crippen LogP contribution in [0, 0.1) is 0 Å². The van der Waals surface area contributed by atoms with Gasteiger partial charge < -0.3 is 9.64 Å². The number of ether oxygens (including phenoxy) is 1. The van der Waals surface area contributed by atoms with Crippen LogP contribution in [0.1, 0.15) is 48.6 Å². The first-order valence-electron chi connectivity index (χ1n) is 21.3. The largest absolute Gasteiger partial charge is 0.456 e. The normalized spacial score (nSPS) is 15.5. The van der Waals surface area contributed by atoms with Crippen molar-refractivity contribution >= 4 is 17.1 Å². The molecule has 9 aromatic carbocycles. The second kappa shape index (κ2) is 14.4. The number of para-hydroxylation sites is 1. The summed E-state index contributed by atoms with van der Waals surface area (Å²) >= 11 is 0. The van der Waals surface area contributed by atoms with Crippen LogP contribution in [-0.2, 0) is 10.8 Å². The predicted molar refractivity (Wildman–Crippen MR) is 254 cm³/mol. The minimum Gasteiger partial charge on any atom is -0.456 e. The number of nitrogens with zero attached hydrogens (tertiary/aromatic N) is 1. The van der Waals surface area contributed by atoms with Gasteiger partial charge in [-0.05, 0) is 111 Å². The molecule has 9 aromatic rings. The fourth-order valence-electron chi connectivity index (χ4n) is 9.92. The van der Waals surface area contributed by atoms with Gasteiger partial charge in [0.1, 0.15) is 11.5 Å². The van der Waals surface area contributed by atoms with E-state index in [1.807, 2.05) is 0 Å². The van der Waals surface area contributed by atoms with Gasteiger partial charge in [0.2, 0.25) is 0 Å². The highest BCUT2D eigenvalue weighted by atomic mass is 16.5. The van der Waals surface area contributed by atoms with Crippen LogP contribution in [0.4, 0.5) is 17.1 Å². The molecule has 1 atom stereocenters. The molecule has 292 valence electrons. The minimum atomic E-state index is -0.384. The van der Waals surface area contributed by atoms with E-state index >= 15 is 0 Å². The van der Waals surface area contributed by atoms with Gasteiger partial charge in [0, 0.05) is 44.6 Å². The Morgan fingerprint density at radius 2 is 0.852 bits per heavy atom. The highest BCUT2D eigenvalue weighted by Crippen LogP contribution is 2.60. The van der Waals surface area contributed by atoms with E-state index in [4.69, 9.17) is 4.74 Å². The van der Waals surface area contributed by atoms with Gasteiger partial charge in [-0.15, -0.1) is 0 Å². The molecular weight excluding hydrogens is 739 g/mol. The molecule has 0 N–H and O–H groups in total. The molecule has 0 spiro atoms. The molecule has 1 heterocycles. The molecule has 0 radical (unpaired) electrons. The number of hydrogen-bond acceptors (Lipinski definition) is 2. The van der Waals surface area contributed by atoms with E-state index in [0.29, 0.717) is 0 Å². The minimum absolute atomic E-state index is 0.268. The summed E-state index contributed by atoms with van der Waals surface area (Å²) in [4.78, 5) is 2.40. The van der Waals surface area contributed by atoms with Crippen LogP contribution in [-0.4, -0.2) is 0 Å². The first-order chi connectivity index (χ1) is 29.9. The topological polar surface area (TPSA) is 12.5 Å². The Kier molecular flexibility index (Phi) is 8.65. The fourth-order valence-corrected chi connectivity index (χ4v) is 9.92. The van der Waals surface area contributed by atoms with E-state index in [2.05, 4.69) is 244 Å². The molecule has 1 aliphatic heterocycles. The molecule has 0 fully saturated rings. The molecule has 0 bridgehead atoms. The third-order valence-electron chi connectivity index (χ3n) is 13.2. The van der Waals surface area contributed by atoms with Crippen LogP contribution in [0.3, 0.4) is 0 Å². The van der Waals surface area contributed by atoms with Crippen molar-refractivity contribution in [3.63, 3.8) is 0 Å². The second-order valence-electron chi connectivity index (χ2n) is 17.1. The average Bonchev–Trinajstić information content (AvgIpc) is 3.56. The lowest BCUT2D eigenvalue weighted by Gasteiger charge is -2.39. The molecule has 0 aromatic heterocycles. The molecule has 0 saturated carbocycles. The number of fused-ring (bicyclic) bond motifs is 6. The average molecular weight is 784 g/mol. The smallest absolute Gasteiger partial charge is 0.140 e. The van der Waals surface area contributed by atoms with Crippen LogP contribution in [0.5, 0.6) is 11.5 Å². The van der Waals surface area contributed by atoms with Gasteiger partial charge in [-0.3, -0.25) is 0 Å². The van der Waals surface area contributed by atoms with E-state index in [0.717, 1.165) is 28.6 Å². The summed E-state index contributed by atoms with van der Waals surface area (Å²) < 4.78 is 7.02. The first-order valence-corrected chi connectivity index (χ1v) is 21.3. The maximum Gasteiger partial charge on any atom is 0.140 e.